The zero-order valence-electron chi connectivity index (χ0n) is 14.5. The lowest BCUT2D eigenvalue weighted by molar-refractivity contribution is -0.117. The van der Waals surface area contributed by atoms with E-state index in [1.54, 1.807) is 11.0 Å². The summed E-state index contributed by atoms with van der Waals surface area (Å²) in [4.78, 5) is 13.8. The van der Waals surface area contributed by atoms with Crippen molar-refractivity contribution in [1.82, 2.24) is 4.72 Å². The molecule has 0 aromatic heterocycles. The Hall–Kier alpha value is -2.58. The third kappa shape index (κ3) is 3.66. The number of benzene rings is 2. The van der Waals surface area contributed by atoms with Gasteiger partial charge in [-0.2, -0.15) is 0 Å². The quantitative estimate of drug-likeness (QED) is 0.831. The standard InChI is InChI=1S/C18H20N2O5S/c1-24-15-8-9-16(25-2)17(11-15)26(22,23)19-13-10-18(21)20(12-13)14-6-4-3-5-7-14/h3-9,11,13,19H,10,12H2,1-2H3/t13-/m0/s1. The zero-order chi connectivity index (χ0) is 18.7. The Morgan fingerprint density at radius 2 is 1.81 bits per heavy atom. The number of carbonyl (C=O) groups excluding carboxylic acids is 1. The summed E-state index contributed by atoms with van der Waals surface area (Å²) in [7, 11) is -1.02. The average Bonchev–Trinajstić information content (AvgIpc) is 3.01. The Morgan fingerprint density at radius 1 is 1.08 bits per heavy atom. The molecule has 2 aromatic rings. The molecule has 0 saturated carbocycles. The molecule has 138 valence electrons. The van der Waals surface area contributed by atoms with Crippen LogP contribution in [0.15, 0.2) is 53.4 Å². The number of amides is 1. The summed E-state index contributed by atoms with van der Waals surface area (Å²) < 4.78 is 38.5. The highest BCUT2D eigenvalue weighted by Gasteiger charge is 2.34. The monoisotopic (exact) mass is 376 g/mol. The van der Waals surface area contributed by atoms with E-state index in [-0.39, 0.29) is 29.5 Å². The van der Waals surface area contributed by atoms with Gasteiger partial charge in [0.15, 0.2) is 0 Å². The van der Waals surface area contributed by atoms with Gasteiger partial charge in [0.2, 0.25) is 15.9 Å². The van der Waals surface area contributed by atoms with Crippen molar-refractivity contribution in [3.05, 3.63) is 48.5 Å². The SMILES string of the molecule is COc1ccc(OC)c(S(=O)(=O)N[C@H]2CC(=O)N(c3ccccc3)C2)c1. The molecule has 26 heavy (non-hydrogen) atoms. The van der Waals surface area contributed by atoms with Crippen LogP contribution in [0.25, 0.3) is 0 Å². The molecular formula is C18H20N2O5S. The third-order valence-corrected chi connectivity index (χ3v) is 5.72. The molecule has 1 fully saturated rings. The largest absolute Gasteiger partial charge is 0.497 e. The number of sulfonamides is 1. The summed E-state index contributed by atoms with van der Waals surface area (Å²) >= 11 is 0. The molecule has 0 radical (unpaired) electrons. The van der Waals surface area contributed by atoms with Crippen molar-refractivity contribution >= 4 is 21.6 Å². The van der Waals surface area contributed by atoms with Crippen LogP contribution < -0.4 is 19.1 Å². The molecule has 3 rings (SSSR count). The van der Waals surface area contributed by atoms with Gasteiger partial charge in [0.25, 0.3) is 0 Å². The van der Waals surface area contributed by atoms with Gasteiger partial charge in [0.1, 0.15) is 16.4 Å². The van der Waals surface area contributed by atoms with E-state index in [1.807, 2.05) is 30.3 Å². The summed E-state index contributed by atoms with van der Waals surface area (Å²) in [5.74, 6) is 0.489. The number of carbonyl (C=O) groups is 1. The Labute approximate surface area is 152 Å². The topological polar surface area (TPSA) is 84.9 Å². The predicted molar refractivity (Wildman–Crippen MR) is 97.1 cm³/mol. The molecule has 0 bridgehead atoms. The number of ether oxygens (including phenoxy) is 2. The second-order valence-electron chi connectivity index (χ2n) is 5.88. The number of anilines is 1. The molecular weight excluding hydrogens is 356 g/mol. The van der Waals surface area contributed by atoms with E-state index in [9.17, 15) is 13.2 Å². The first kappa shape index (κ1) is 18.2. The van der Waals surface area contributed by atoms with Gasteiger partial charge in [-0.15, -0.1) is 0 Å². The van der Waals surface area contributed by atoms with Crippen molar-refractivity contribution in [3.63, 3.8) is 0 Å². The Bertz CT molecular complexity index is 899. The van der Waals surface area contributed by atoms with Crippen LogP contribution in [0, 0.1) is 0 Å². The highest BCUT2D eigenvalue weighted by atomic mass is 32.2. The van der Waals surface area contributed by atoms with Crippen LogP contribution >= 0.6 is 0 Å². The number of hydrogen-bond acceptors (Lipinski definition) is 5. The first-order chi connectivity index (χ1) is 12.4. The van der Waals surface area contributed by atoms with Crippen molar-refractivity contribution in [2.45, 2.75) is 17.4 Å². The molecule has 1 saturated heterocycles. The van der Waals surface area contributed by atoms with Gasteiger partial charge in [-0.3, -0.25) is 4.79 Å². The van der Waals surface area contributed by atoms with Crippen molar-refractivity contribution in [1.29, 1.82) is 0 Å². The van der Waals surface area contributed by atoms with Crippen LogP contribution in [0.5, 0.6) is 11.5 Å². The molecule has 1 atom stereocenters. The van der Waals surface area contributed by atoms with E-state index in [0.717, 1.165) is 5.69 Å². The van der Waals surface area contributed by atoms with Crippen LogP contribution in [0.3, 0.4) is 0 Å². The number of para-hydroxylation sites is 1. The lowest BCUT2D eigenvalue weighted by atomic mass is 10.3. The molecule has 0 spiro atoms. The lowest BCUT2D eigenvalue weighted by Gasteiger charge is -2.18. The average molecular weight is 376 g/mol. The number of nitrogens with one attached hydrogen (secondary N) is 1. The highest BCUT2D eigenvalue weighted by Crippen LogP contribution is 2.29. The van der Waals surface area contributed by atoms with Crippen LogP contribution in [0.2, 0.25) is 0 Å². The smallest absolute Gasteiger partial charge is 0.244 e. The molecule has 1 amide bonds. The van der Waals surface area contributed by atoms with Crippen LogP contribution in [-0.4, -0.2) is 41.1 Å². The third-order valence-electron chi connectivity index (χ3n) is 4.18. The first-order valence-electron chi connectivity index (χ1n) is 8.04. The predicted octanol–water partition coefficient (Wildman–Crippen LogP) is 1.79. The maximum absolute atomic E-state index is 12.8. The molecule has 1 aliphatic heterocycles. The molecule has 0 aliphatic carbocycles. The Kier molecular flexibility index (Phi) is 5.15. The lowest BCUT2D eigenvalue weighted by Crippen LogP contribution is -2.37. The summed E-state index contributed by atoms with van der Waals surface area (Å²) in [6.45, 7) is 0.272. The molecule has 1 heterocycles. The summed E-state index contributed by atoms with van der Waals surface area (Å²) in [6.07, 6.45) is 0.0976. The maximum atomic E-state index is 12.8. The van der Waals surface area contributed by atoms with Gasteiger partial charge in [-0.25, -0.2) is 13.1 Å². The number of methoxy groups -OCH3 is 2. The van der Waals surface area contributed by atoms with Gasteiger partial charge < -0.3 is 14.4 Å². The van der Waals surface area contributed by atoms with E-state index >= 15 is 0 Å². The first-order valence-corrected chi connectivity index (χ1v) is 9.52. The number of hydrogen-bond donors (Lipinski definition) is 1. The summed E-state index contributed by atoms with van der Waals surface area (Å²) in [5.41, 5.74) is 0.748. The van der Waals surface area contributed by atoms with E-state index in [1.165, 1.54) is 26.4 Å². The van der Waals surface area contributed by atoms with E-state index < -0.39 is 16.1 Å². The maximum Gasteiger partial charge on any atom is 0.244 e. The molecule has 8 heteroatoms. The number of rotatable bonds is 6. The minimum absolute atomic E-state index is 0.0232. The van der Waals surface area contributed by atoms with E-state index in [2.05, 4.69) is 4.72 Å². The van der Waals surface area contributed by atoms with Crippen molar-refractivity contribution in [3.8, 4) is 11.5 Å². The van der Waals surface area contributed by atoms with Gasteiger partial charge in [0, 0.05) is 30.8 Å². The Balaban J connectivity index is 1.82. The van der Waals surface area contributed by atoms with Crippen LogP contribution in [0.1, 0.15) is 6.42 Å². The molecule has 0 unspecified atom stereocenters. The second kappa shape index (κ2) is 7.35. The molecule has 1 N–H and O–H groups in total. The second-order valence-corrected chi connectivity index (χ2v) is 7.56. The van der Waals surface area contributed by atoms with E-state index in [4.69, 9.17) is 9.47 Å². The van der Waals surface area contributed by atoms with Gasteiger partial charge in [0.05, 0.1) is 14.2 Å². The number of nitrogens with zero attached hydrogens (tertiary/aromatic N) is 1. The fourth-order valence-corrected chi connectivity index (χ4v) is 4.33. The molecule has 2 aromatic carbocycles. The summed E-state index contributed by atoms with van der Waals surface area (Å²) in [5, 5.41) is 0. The van der Waals surface area contributed by atoms with Crippen LogP contribution in [-0.2, 0) is 14.8 Å². The van der Waals surface area contributed by atoms with Gasteiger partial charge in [-0.05, 0) is 24.3 Å². The van der Waals surface area contributed by atoms with E-state index in [0.29, 0.717) is 5.75 Å². The minimum Gasteiger partial charge on any atom is -0.497 e. The zero-order valence-corrected chi connectivity index (χ0v) is 15.3. The van der Waals surface area contributed by atoms with Crippen LogP contribution in [0.4, 0.5) is 5.69 Å². The molecule has 7 nitrogen and oxygen atoms in total. The summed E-state index contributed by atoms with van der Waals surface area (Å²) in [6, 6.07) is 13.2. The minimum atomic E-state index is -3.88. The fraction of sp³-hybridized carbons (Fsp3) is 0.278. The van der Waals surface area contributed by atoms with Crippen molar-refractivity contribution < 1.29 is 22.7 Å². The highest BCUT2D eigenvalue weighted by molar-refractivity contribution is 7.89. The normalized spacial score (nSPS) is 17.4. The van der Waals surface area contributed by atoms with Gasteiger partial charge in [-0.1, -0.05) is 18.2 Å². The van der Waals surface area contributed by atoms with Gasteiger partial charge >= 0.3 is 0 Å². The fourth-order valence-electron chi connectivity index (χ4n) is 2.92. The van der Waals surface area contributed by atoms with Crippen molar-refractivity contribution in [2.75, 3.05) is 25.7 Å². The Morgan fingerprint density at radius 3 is 2.46 bits per heavy atom. The van der Waals surface area contributed by atoms with Crippen molar-refractivity contribution in [2.24, 2.45) is 0 Å². The molecule has 1 aliphatic rings.